The summed E-state index contributed by atoms with van der Waals surface area (Å²) >= 11 is 0. The second-order valence-corrected chi connectivity index (χ2v) is 7.93. The molecule has 0 N–H and O–H groups in total. The summed E-state index contributed by atoms with van der Waals surface area (Å²) < 4.78 is 6.14. The molecule has 3 fully saturated rings. The van der Waals surface area contributed by atoms with Gasteiger partial charge >= 0.3 is 0 Å². The summed E-state index contributed by atoms with van der Waals surface area (Å²) in [5, 5.41) is 0. The highest BCUT2D eigenvalue weighted by Gasteiger charge is 2.40. The molecule has 1 aliphatic heterocycles. The van der Waals surface area contributed by atoms with Crippen molar-refractivity contribution in [2.45, 2.75) is 82.0 Å². The van der Waals surface area contributed by atoms with Crippen LogP contribution in [-0.2, 0) is 14.5 Å². The predicted molar refractivity (Wildman–Crippen MR) is 99.0 cm³/mol. The molecule has 1 aromatic carbocycles. The van der Waals surface area contributed by atoms with E-state index in [9.17, 15) is 0 Å². The van der Waals surface area contributed by atoms with E-state index < -0.39 is 5.79 Å². The van der Waals surface area contributed by atoms with Crippen LogP contribution in [0.4, 0.5) is 0 Å². The van der Waals surface area contributed by atoms with Gasteiger partial charge in [0.2, 0.25) is 5.79 Å². The van der Waals surface area contributed by atoms with Crippen LogP contribution in [0.5, 0.6) is 0 Å². The smallest absolute Gasteiger partial charge is 0.201 e. The molecule has 1 saturated heterocycles. The molecule has 3 nitrogen and oxygen atoms in total. The lowest BCUT2D eigenvalue weighted by molar-refractivity contribution is -0.480. The summed E-state index contributed by atoms with van der Waals surface area (Å²) in [5.74, 6) is 0.231. The number of hydrogen-bond acceptors (Lipinski definition) is 3. The first-order valence-electron chi connectivity index (χ1n) is 10.0. The largest absolute Gasteiger partial charge is 0.344 e. The third kappa shape index (κ3) is 3.84. The average molecular weight is 342 g/mol. The van der Waals surface area contributed by atoms with Gasteiger partial charge < -0.3 is 4.74 Å². The maximum absolute atomic E-state index is 6.14. The molecule has 25 heavy (non-hydrogen) atoms. The highest BCUT2D eigenvalue weighted by molar-refractivity contribution is 5.67. The van der Waals surface area contributed by atoms with Gasteiger partial charge in [0, 0.05) is 12.8 Å². The minimum atomic E-state index is -0.514. The topological polar surface area (TPSA) is 27.7 Å². The van der Waals surface area contributed by atoms with E-state index in [1.54, 1.807) is 0 Å². The van der Waals surface area contributed by atoms with E-state index in [2.05, 4.69) is 30.8 Å². The van der Waals surface area contributed by atoms with E-state index >= 15 is 0 Å². The van der Waals surface area contributed by atoms with Crippen molar-refractivity contribution in [1.82, 2.24) is 0 Å². The molecule has 136 valence electrons. The minimum absolute atomic E-state index is 0.216. The van der Waals surface area contributed by atoms with Crippen LogP contribution in [0.1, 0.15) is 81.3 Å². The summed E-state index contributed by atoms with van der Waals surface area (Å²) in [6.07, 6.45) is 11.9. The van der Waals surface area contributed by atoms with Crippen LogP contribution in [-0.4, -0.2) is 18.5 Å². The van der Waals surface area contributed by atoms with Crippen molar-refractivity contribution in [3.8, 4) is 0 Å². The Morgan fingerprint density at radius 3 is 2.20 bits per heavy atom. The summed E-state index contributed by atoms with van der Waals surface area (Å²) in [6, 6.07) is 8.87. The normalized spacial score (nSPS) is 27.3. The zero-order chi connectivity index (χ0) is 17.1. The van der Waals surface area contributed by atoms with Gasteiger partial charge in [-0.2, -0.15) is 0 Å². The van der Waals surface area contributed by atoms with Gasteiger partial charge in [0.05, 0.1) is 6.61 Å². The Morgan fingerprint density at radius 2 is 1.60 bits per heavy atom. The second kappa shape index (κ2) is 7.61. The molecule has 4 rings (SSSR count). The molecule has 1 spiro atoms. The molecule has 1 atom stereocenters. The lowest BCUT2D eigenvalue weighted by Crippen LogP contribution is -2.45. The van der Waals surface area contributed by atoms with Crippen molar-refractivity contribution < 1.29 is 14.5 Å². The fourth-order valence-corrected chi connectivity index (χ4v) is 4.49. The third-order valence-electron chi connectivity index (χ3n) is 6.18. The van der Waals surface area contributed by atoms with Gasteiger partial charge in [-0.3, -0.25) is 0 Å². The van der Waals surface area contributed by atoms with Gasteiger partial charge in [-0.15, -0.1) is 0 Å². The van der Waals surface area contributed by atoms with Crippen LogP contribution in [0.3, 0.4) is 0 Å². The van der Waals surface area contributed by atoms with Gasteiger partial charge in [0.15, 0.2) is 0 Å². The van der Waals surface area contributed by atoms with E-state index in [-0.39, 0.29) is 6.10 Å². The molecule has 1 heterocycles. The molecular formula is C22H30O3. The van der Waals surface area contributed by atoms with Crippen LogP contribution in [0.25, 0.3) is 5.57 Å². The van der Waals surface area contributed by atoms with Gasteiger partial charge in [-0.05, 0) is 48.3 Å². The van der Waals surface area contributed by atoms with E-state index in [0.717, 1.165) is 42.7 Å². The van der Waals surface area contributed by atoms with Crippen LogP contribution < -0.4 is 0 Å². The van der Waals surface area contributed by atoms with Crippen LogP contribution in [0, 0.1) is 0 Å². The van der Waals surface area contributed by atoms with Gasteiger partial charge in [0.25, 0.3) is 0 Å². The molecule has 2 saturated carbocycles. The Balaban J connectivity index is 1.36. The monoisotopic (exact) mass is 342 g/mol. The highest BCUT2D eigenvalue weighted by Crippen LogP contribution is 2.38. The molecule has 0 aromatic heterocycles. The Kier molecular flexibility index (Phi) is 5.25. The average Bonchev–Trinajstić information content (AvgIpc) is 3.11. The fourth-order valence-electron chi connectivity index (χ4n) is 4.49. The lowest BCUT2D eigenvalue weighted by atomic mass is 9.94. The molecule has 3 heteroatoms. The first kappa shape index (κ1) is 17.3. The van der Waals surface area contributed by atoms with Crippen LogP contribution >= 0.6 is 0 Å². The van der Waals surface area contributed by atoms with E-state index in [1.165, 1.54) is 44.1 Å². The molecule has 0 amide bonds. The quantitative estimate of drug-likeness (QED) is 0.654. The van der Waals surface area contributed by atoms with E-state index in [0.29, 0.717) is 6.61 Å². The number of ether oxygens (including phenoxy) is 1. The van der Waals surface area contributed by atoms with Gasteiger partial charge in [-0.25, -0.2) is 9.78 Å². The first-order chi connectivity index (χ1) is 12.3. The van der Waals surface area contributed by atoms with Gasteiger partial charge in [-0.1, -0.05) is 56.5 Å². The molecule has 1 aromatic rings. The molecule has 3 aliphatic rings. The molecule has 1 unspecified atom stereocenters. The lowest BCUT2D eigenvalue weighted by Gasteiger charge is -2.38. The number of rotatable bonds is 3. The van der Waals surface area contributed by atoms with Gasteiger partial charge in [0.1, 0.15) is 6.10 Å². The zero-order valence-electron chi connectivity index (χ0n) is 15.2. The van der Waals surface area contributed by atoms with Crippen LogP contribution in [0.2, 0.25) is 0 Å². The van der Waals surface area contributed by atoms with Crippen molar-refractivity contribution >= 4 is 5.57 Å². The molecule has 0 bridgehead atoms. The molecule has 2 aliphatic carbocycles. The van der Waals surface area contributed by atoms with E-state index in [1.807, 2.05) is 0 Å². The summed E-state index contributed by atoms with van der Waals surface area (Å²) in [7, 11) is 0. The van der Waals surface area contributed by atoms with Crippen LogP contribution in [0.15, 0.2) is 30.8 Å². The summed E-state index contributed by atoms with van der Waals surface area (Å²) in [4.78, 5) is 11.5. The van der Waals surface area contributed by atoms with Crippen molar-refractivity contribution in [2.75, 3.05) is 6.61 Å². The summed E-state index contributed by atoms with van der Waals surface area (Å²) in [6.45, 7) is 4.77. The Morgan fingerprint density at radius 1 is 0.920 bits per heavy atom. The third-order valence-corrected chi connectivity index (χ3v) is 6.18. The number of hydrogen-bond donors (Lipinski definition) is 0. The molecular weight excluding hydrogens is 312 g/mol. The first-order valence-corrected chi connectivity index (χ1v) is 10.0. The standard InChI is InChI=1S/C22H30O3/c1-17(18-10-12-20(13-11-18)19-8-4-5-9-19)21-16-23-22(25-24-21)14-6-2-3-7-15-22/h10-13,19,21H,1-9,14-16H2. The maximum Gasteiger partial charge on any atom is 0.201 e. The highest BCUT2D eigenvalue weighted by atomic mass is 17.2. The zero-order valence-corrected chi connectivity index (χ0v) is 15.2. The Labute approximate surface area is 151 Å². The SMILES string of the molecule is C=C(c1ccc(C2CCCC2)cc1)C1COC2(CCCCCC2)OO1. The fraction of sp³-hybridized carbons (Fsp3) is 0.636. The van der Waals surface area contributed by atoms with Crippen molar-refractivity contribution in [3.05, 3.63) is 42.0 Å². The molecule has 0 radical (unpaired) electrons. The predicted octanol–water partition coefficient (Wildman–Crippen LogP) is 5.75. The minimum Gasteiger partial charge on any atom is -0.344 e. The number of benzene rings is 1. The Hall–Kier alpha value is -1.16. The maximum atomic E-state index is 6.14. The second-order valence-electron chi connectivity index (χ2n) is 7.93. The van der Waals surface area contributed by atoms with E-state index in [4.69, 9.17) is 14.5 Å². The van der Waals surface area contributed by atoms with Crippen molar-refractivity contribution in [2.24, 2.45) is 0 Å². The summed E-state index contributed by atoms with van der Waals surface area (Å²) in [5.41, 5.74) is 3.53. The van der Waals surface area contributed by atoms with Crippen molar-refractivity contribution in [1.29, 1.82) is 0 Å². The Bertz CT molecular complexity index is 568. The van der Waals surface area contributed by atoms with Crippen molar-refractivity contribution in [3.63, 3.8) is 0 Å².